The fraction of sp³-hybridized carbons (Fsp3) is 0. The smallest absolute Gasteiger partial charge is 0.138 e. The number of H-pyrrole nitrogens is 1. The molecule has 0 aliphatic carbocycles. The van der Waals surface area contributed by atoms with Gasteiger partial charge in [-0.2, -0.15) is 0 Å². The lowest BCUT2D eigenvalue weighted by Crippen LogP contribution is -1.85. The quantitative estimate of drug-likeness (QED) is 0.410. The first-order chi connectivity index (χ1) is 12.6. The number of hydrogen-bond donors (Lipinski definition) is 2. The summed E-state index contributed by atoms with van der Waals surface area (Å²) in [5.41, 5.74) is 11.1. The van der Waals surface area contributed by atoms with Crippen molar-refractivity contribution in [3.63, 3.8) is 0 Å². The van der Waals surface area contributed by atoms with Gasteiger partial charge in [0.1, 0.15) is 5.82 Å². The molecule has 1 heterocycles. The Kier molecular flexibility index (Phi) is 4.41. The Morgan fingerprint density at radius 3 is 2.00 bits per heavy atom. The van der Waals surface area contributed by atoms with E-state index in [1.54, 1.807) is 0 Å². The summed E-state index contributed by atoms with van der Waals surface area (Å²) in [7, 11) is 0. The molecular formula is C21H15Cl2N3. The maximum atomic E-state index is 6.19. The minimum atomic E-state index is 0.663. The number of anilines is 1. The monoisotopic (exact) mass is 379 g/mol. The molecular weight excluding hydrogens is 365 g/mol. The van der Waals surface area contributed by atoms with E-state index in [9.17, 15) is 0 Å². The Morgan fingerprint density at radius 2 is 1.35 bits per heavy atom. The largest absolute Gasteiger partial charge is 0.399 e. The molecule has 3 aromatic carbocycles. The Morgan fingerprint density at radius 1 is 0.731 bits per heavy atom. The predicted molar refractivity (Wildman–Crippen MR) is 109 cm³/mol. The van der Waals surface area contributed by atoms with Crippen LogP contribution < -0.4 is 5.73 Å². The third-order valence-corrected chi connectivity index (χ3v) is 4.57. The number of halogens is 2. The van der Waals surface area contributed by atoms with Crippen molar-refractivity contribution in [3.8, 4) is 33.9 Å². The maximum Gasteiger partial charge on any atom is 0.138 e. The summed E-state index contributed by atoms with van der Waals surface area (Å²) in [5, 5.41) is 1.33. The first-order valence-electron chi connectivity index (χ1n) is 8.08. The van der Waals surface area contributed by atoms with Crippen LogP contribution in [-0.4, -0.2) is 9.97 Å². The van der Waals surface area contributed by atoms with Crippen LogP contribution in [0.4, 0.5) is 5.69 Å². The van der Waals surface area contributed by atoms with Gasteiger partial charge in [-0.05, 0) is 48.5 Å². The normalized spacial score (nSPS) is 10.8. The van der Waals surface area contributed by atoms with Gasteiger partial charge in [-0.15, -0.1) is 0 Å². The number of hydrogen-bond acceptors (Lipinski definition) is 2. The molecule has 1 aromatic heterocycles. The average molecular weight is 380 g/mol. The van der Waals surface area contributed by atoms with Crippen molar-refractivity contribution in [3.05, 3.63) is 82.8 Å². The first kappa shape index (κ1) is 16.7. The summed E-state index contributed by atoms with van der Waals surface area (Å²) in [6.45, 7) is 0. The van der Waals surface area contributed by atoms with Crippen LogP contribution in [0.5, 0.6) is 0 Å². The van der Waals surface area contributed by atoms with E-state index in [0.717, 1.165) is 33.9 Å². The van der Waals surface area contributed by atoms with Gasteiger partial charge >= 0.3 is 0 Å². The molecule has 0 amide bonds. The zero-order valence-electron chi connectivity index (χ0n) is 13.7. The molecule has 0 fully saturated rings. The van der Waals surface area contributed by atoms with Crippen LogP contribution >= 0.6 is 23.2 Å². The van der Waals surface area contributed by atoms with Crippen molar-refractivity contribution in [1.82, 2.24) is 9.97 Å². The zero-order valence-corrected chi connectivity index (χ0v) is 15.2. The molecule has 128 valence electrons. The van der Waals surface area contributed by atoms with E-state index in [1.807, 2.05) is 72.8 Å². The highest BCUT2D eigenvalue weighted by Gasteiger charge is 2.16. The van der Waals surface area contributed by atoms with Gasteiger partial charge in [0.15, 0.2) is 0 Å². The second-order valence-corrected chi connectivity index (χ2v) is 6.82. The number of imidazole rings is 1. The van der Waals surface area contributed by atoms with Crippen molar-refractivity contribution in [2.75, 3.05) is 5.73 Å². The van der Waals surface area contributed by atoms with E-state index in [1.165, 1.54) is 0 Å². The van der Waals surface area contributed by atoms with Crippen LogP contribution in [-0.2, 0) is 0 Å². The molecule has 5 heteroatoms. The van der Waals surface area contributed by atoms with Gasteiger partial charge in [0.25, 0.3) is 0 Å². The van der Waals surface area contributed by atoms with Crippen LogP contribution in [0.3, 0.4) is 0 Å². The van der Waals surface area contributed by atoms with E-state index < -0.39 is 0 Å². The third-order valence-electron chi connectivity index (χ3n) is 4.10. The molecule has 0 spiro atoms. The fourth-order valence-corrected chi connectivity index (χ4v) is 3.23. The van der Waals surface area contributed by atoms with Crippen molar-refractivity contribution < 1.29 is 0 Å². The molecule has 0 atom stereocenters. The number of nitrogens with zero attached hydrogens (tertiary/aromatic N) is 1. The molecule has 3 N–H and O–H groups in total. The van der Waals surface area contributed by atoms with Crippen molar-refractivity contribution in [2.45, 2.75) is 0 Å². The van der Waals surface area contributed by atoms with Gasteiger partial charge in [0.2, 0.25) is 0 Å². The van der Waals surface area contributed by atoms with Gasteiger partial charge < -0.3 is 10.7 Å². The van der Waals surface area contributed by atoms with Crippen molar-refractivity contribution >= 4 is 28.9 Å². The van der Waals surface area contributed by atoms with Crippen LogP contribution in [0.15, 0.2) is 72.8 Å². The Labute approximate surface area is 161 Å². The van der Waals surface area contributed by atoms with Crippen LogP contribution in [0.2, 0.25) is 10.0 Å². The van der Waals surface area contributed by atoms with E-state index in [0.29, 0.717) is 15.7 Å². The molecule has 0 bridgehead atoms. The first-order valence-corrected chi connectivity index (χ1v) is 8.83. The molecule has 0 aliphatic heterocycles. The summed E-state index contributed by atoms with van der Waals surface area (Å²) >= 11 is 12.4. The van der Waals surface area contributed by atoms with Crippen LogP contribution in [0, 0.1) is 0 Å². The summed E-state index contributed by atoms with van der Waals surface area (Å²) < 4.78 is 0. The van der Waals surface area contributed by atoms with Gasteiger partial charge in [-0.25, -0.2) is 4.98 Å². The molecule has 4 aromatic rings. The molecule has 0 saturated carbocycles. The number of nitrogens with two attached hydrogens (primary N) is 1. The maximum absolute atomic E-state index is 6.19. The molecule has 0 unspecified atom stereocenters. The van der Waals surface area contributed by atoms with E-state index >= 15 is 0 Å². The van der Waals surface area contributed by atoms with E-state index in [-0.39, 0.29) is 0 Å². The lowest BCUT2D eigenvalue weighted by Gasteiger charge is -2.04. The topological polar surface area (TPSA) is 54.7 Å². The Bertz CT molecular complexity index is 1010. The summed E-state index contributed by atoms with van der Waals surface area (Å²) in [6.07, 6.45) is 0. The Balaban J connectivity index is 1.92. The third kappa shape index (κ3) is 3.32. The van der Waals surface area contributed by atoms with Gasteiger partial charge in [0, 0.05) is 32.4 Å². The molecule has 0 saturated heterocycles. The standard InChI is InChI=1S/C21H15Cl2N3/c22-16-5-1-3-14(11-16)19-20(15-4-2-6-17(23)12-15)26-21(25-19)13-7-9-18(24)10-8-13/h1-12H,24H2,(H,25,26). The Hall–Kier alpha value is -2.75. The minimum absolute atomic E-state index is 0.663. The lowest BCUT2D eigenvalue weighted by atomic mass is 10.1. The average Bonchev–Trinajstić information content (AvgIpc) is 3.08. The molecule has 0 radical (unpaired) electrons. The highest BCUT2D eigenvalue weighted by molar-refractivity contribution is 6.31. The number of aromatic amines is 1. The summed E-state index contributed by atoms with van der Waals surface area (Å²) in [6, 6.07) is 22.9. The number of benzene rings is 3. The minimum Gasteiger partial charge on any atom is -0.399 e. The SMILES string of the molecule is Nc1ccc(-c2nc(-c3cccc(Cl)c3)c(-c3cccc(Cl)c3)[nH]2)cc1. The van der Waals surface area contributed by atoms with Gasteiger partial charge in [0.05, 0.1) is 11.4 Å². The fourth-order valence-electron chi connectivity index (χ4n) is 2.85. The second-order valence-electron chi connectivity index (χ2n) is 5.95. The molecule has 4 rings (SSSR count). The van der Waals surface area contributed by atoms with E-state index in [4.69, 9.17) is 33.9 Å². The van der Waals surface area contributed by atoms with Gasteiger partial charge in [-0.1, -0.05) is 47.5 Å². The van der Waals surface area contributed by atoms with Crippen LogP contribution in [0.1, 0.15) is 0 Å². The second kappa shape index (κ2) is 6.87. The summed E-state index contributed by atoms with van der Waals surface area (Å²) in [4.78, 5) is 8.25. The highest BCUT2D eigenvalue weighted by Crippen LogP contribution is 2.34. The van der Waals surface area contributed by atoms with Crippen LogP contribution in [0.25, 0.3) is 33.9 Å². The molecule has 0 aliphatic rings. The number of rotatable bonds is 3. The molecule has 3 nitrogen and oxygen atoms in total. The van der Waals surface area contributed by atoms with Crippen molar-refractivity contribution in [2.24, 2.45) is 0 Å². The number of nitrogen functional groups attached to an aromatic ring is 1. The zero-order chi connectivity index (χ0) is 18.1. The van der Waals surface area contributed by atoms with Crippen molar-refractivity contribution in [1.29, 1.82) is 0 Å². The predicted octanol–water partition coefficient (Wildman–Crippen LogP) is 6.30. The highest BCUT2D eigenvalue weighted by atomic mass is 35.5. The van der Waals surface area contributed by atoms with E-state index in [2.05, 4.69) is 4.98 Å². The number of nitrogens with one attached hydrogen (secondary N) is 1. The number of aromatic nitrogens is 2. The summed E-state index contributed by atoms with van der Waals surface area (Å²) in [5.74, 6) is 0.759. The lowest BCUT2D eigenvalue weighted by molar-refractivity contribution is 1.31. The van der Waals surface area contributed by atoms with Gasteiger partial charge in [-0.3, -0.25) is 0 Å². The molecule has 26 heavy (non-hydrogen) atoms.